The van der Waals surface area contributed by atoms with Gasteiger partial charge in [0, 0.05) is 0 Å². The molecule has 0 aliphatic heterocycles. The summed E-state index contributed by atoms with van der Waals surface area (Å²) in [6.07, 6.45) is 20.6. The highest BCUT2D eigenvalue weighted by Gasteiger charge is 2.30. The van der Waals surface area contributed by atoms with E-state index in [0.717, 1.165) is 23.7 Å². The zero-order chi connectivity index (χ0) is 19.6. The Labute approximate surface area is 173 Å². The van der Waals surface area contributed by atoms with Gasteiger partial charge in [-0.1, -0.05) is 49.4 Å². The molecular formula is C27H40O. The van der Waals surface area contributed by atoms with Crippen LogP contribution in [-0.4, -0.2) is 6.61 Å². The molecule has 0 aromatic heterocycles. The first-order chi connectivity index (χ1) is 13.8. The van der Waals surface area contributed by atoms with Crippen molar-refractivity contribution in [2.75, 3.05) is 6.61 Å². The molecule has 1 nitrogen and oxygen atoms in total. The van der Waals surface area contributed by atoms with Crippen molar-refractivity contribution in [2.45, 2.75) is 83.7 Å². The van der Waals surface area contributed by atoms with E-state index in [4.69, 9.17) is 4.74 Å². The second-order valence-corrected chi connectivity index (χ2v) is 9.05. The van der Waals surface area contributed by atoms with E-state index in [2.05, 4.69) is 49.9 Å². The lowest BCUT2D eigenvalue weighted by molar-refractivity contribution is 0.149. The number of hydrogen-bond acceptors (Lipinski definition) is 1. The van der Waals surface area contributed by atoms with Crippen molar-refractivity contribution < 1.29 is 4.74 Å². The zero-order valence-corrected chi connectivity index (χ0v) is 18.0. The van der Waals surface area contributed by atoms with Gasteiger partial charge in [0.1, 0.15) is 0 Å². The average Bonchev–Trinajstić information content (AvgIpc) is 2.75. The van der Waals surface area contributed by atoms with Crippen LogP contribution in [0.5, 0.6) is 0 Å². The fourth-order valence-electron chi connectivity index (χ4n) is 5.42. The van der Waals surface area contributed by atoms with Gasteiger partial charge in [0.25, 0.3) is 0 Å². The van der Waals surface area contributed by atoms with Crippen molar-refractivity contribution in [3.63, 3.8) is 0 Å². The lowest BCUT2D eigenvalue weighted by Crippen LogP contribution is -2.25. The minimum absolute atomic E-state index is 0.628. The van der Waals surface area contributed by atoms with Crippen molar-refractivity contribution in [2.24, 2.45) is 17.8 Å². The molecule has 1 heteroatoms. The Morgan fingerprint density at radius 3 is 2.14 bits per heavy atom. The maximum Gasteiger partial charge on any atom is 0.0721 e. The molecule has 0 atom stereocenters. The van der Waals surface area contributed by atoms with Crippen LogP contribution in [0.25, 0.3) is 0 Å². The van der Waals surface area contributed by atoms with E-state index >= 15 is 0 Å². The predicted molar refractivity (Wildman–Crippen MR) is 120 cm³/mol. The van der Waals surface area contributed by atoms with Crippen molar-refractivity contribution in [3.8, 4) is 0 Å². The number of ether oxygens (including phenoxy) is 1. The second-order valence-electron chi connectivity index (χ2n) is 9.05. The zero-order valence-electron chi connectivity index (χ0n) is 18.0. The van der Waals surface area contributed by atoms with Crippen LogP contribution in [0.15, 0.2) is 49.1 Å². The predicted octanol–water partition coefficient (Wildman–Crippen LogP) is 7.83. The summed E-state index contributed by atoms with van der Waals surface area (Å²) < 4.78 is 5.55. The van der Waals surface area contributed by atoms with Gasteiger partial charge in [0.2, 0.25) is 0 Å². The molecule has 28 heavy (non-hydrogen) atoms. The van der Waals surface area contributed by atoms with E-state index in [0.29, 0.717) is 13.2 Å². The third-order valence-corrected chi connectivity index (χ3v) is 7.16. The second kappa shape index (κ2) is 11.6. The molecule has 2 saturated carbocycles. The van der Waals surface area contributed by atoms with Gasteiger partial charge >= 0.3 is 0 Å². The highest BCUT2D eigenvalue weighted by molar-refractivity contribution is 5.25. The van der Waals surface area contributed by atoms with Gasteiger partial charge < -0.3 is 4.74 Å². The summed E-state index contributed by atoms with van der Waals surface area (Å²) in [5.74, 6) is 3.74. The van der Waals surface area contributed by atoms with Crippen LogP contribution in [0.4, 0.5) is 0 Å². The van der Waals surface area contributed by atoms with E-state index in [-0.39, 0.29) is 0 Å². The van der Waals surface area contributed by atoms with E-state index in [1.807, 2.05) is 6.08 Å². The molecule has 0 unspecified atom stereocenters. The van der Waals surface area contributed by atoms with Crippen LogP contribution >= 0.6 is 0 Å². The van der Waals surface area contributed by atoms with Crippen LogP contribution in [0.1, 0.15) is 88.2 Å². The molecule has 0 N–H and O–H groups in total. The monoisotopic (exact) mass is 380 g/mol. The van der Waals surface area contributed by atoms with Crippen LogP contribution in [0, 0.1) is 17.8 Å². The molecule has 3 rings (SSSR count). The van der Waals surface area contributed by atoms with Crippen LogP contribution in [-0.2, 0) is 11.3 Å². The summed E-state index contributed by atoms with van der Waals surface area (Å²) in [5, 5.41) is 0. The molecule has 0 amide bonds. The third kappa shape index (κ3) is 6.34. The van der Waals surface area contributed by atoms with Crippen molar-refractivity contribution in [1.82, 2.24) is 0 Å². The van der Waals surface area contributed by atoms with Crippen LogP contribution < -0.4 is 0 Å². The fraction of sp³-hybridized carbons (Fsp3) is 0.630. The van der Waals surface area contributed by atoms with Crippen molar-refractivity contribution in [1.29, 1.82) is 0 Å². The minimum atomic E-state index is 0.628. The summed E-state index contributed by atoms with van der Waals surface area (Å²) in [6.45, 7) is 7.25. The molecule has 1 aromatic carbocycles. The van der Waals surface area contributed by atoms with Crippen molar-refractivity contribution >= 4 is 0 Å². The molecule has 0 heterocycles. The normalized spacial score (nSPS) is 28.5. The molecule has 0 saturated heterocycles. The molecule has 0 radical (unpaired) electrons. The molecule has 2 fully saturated rings. The fourth-order valence-corrected chi connectivity index (χ4v) is 5.42. The first-order valence-electron chi connectivity index (χ1n) is 11.7. The summed E-state index contributed by atoms with van der Waals surface area (Å²) in [5.41, 5.74) is 2.81. The maximum absolute atomic E-state index is 5.55. The Kier molecular flexibility index (Phi) is 8.86. The Morgan fingerprint density at radius 2 is 1.54 bits per heavy atom. The Morgan fingerprint density at radius 1 is 0.893 bits per heavy atom. The number of hydrogen-bond donors (Lipinski definition) is 0. The summed E-state index contributed by atoms with van der Waals surface area (Å²) in [6, 6.07) is 9.18. The van der Waals surface area contributed by atoms with Gasteiger partial charge in [0.05, 0.1) is 13.2 Å². The topological polar surface area (TPSA) is 9.23 Å². The molecular weight excluding hydrogens is 340 g/mol. The molecule has 154 valence electrons. The summed E-state index contributed by atoms with van der Waals surface area (Å²) in [4.78, 5) is 0. The SMILES string of the molecule is C=CCOCc1ccc([C@H]2CC[C@H]([C@H]3CC[C@H](CC=CCC)CC3)CC2)cc1. The molecule has 1 aromatic rings. The maximum atomic E-state index is 5.55. The van der Waals surface area contributed by atoms with Gasteiger partial charge in [-0.3, -0.25) is 0 Å². The van der Waals surface area contributed by atoms with Crippen LogP contribution in [0.3, 0.4) is 0 Å². The van der Waals surface area contributed by atoms with Gasteiger partial charge in [0.15, 0.2) is 0 Å². The molecule has 0 spiro atoms. The summed E-state index contributed by atoms with van der Waals surface area (Å²) in [7, 11) is 0. The molecule has 2 aliphatic carbocycles. The van der Waals surface area contributed by atoms with E-state index < -0.39 is 0 Å². The van der Waals surface area contributed by atoms with Crippen LogP contribution in [0.2, 0.25) is 0 Å². The lowest BCUT2D eigenvalue weighted by Gasteiger charge is -2.38. The van der Waals surface area contributed by atoms with E-state index in [9.17, 15) is 0 Å². The number of benzene rings is 1. The third-order valence-electron chi connectivity index (χ3n) is 7.16. The highest BCUT2D eigenvalue weighted by Crippen LogP contribution is 2.44. The lowest BCUT2D eigenvalue weighted by atomic mass is 9.68. The van der Waals surface area contributed by atoms with Gasteiger partial charge in [-0.25, -0.2) is 0 Å². The Balaban J connectivity index is 1.40. The van der Waals surface area contributed by atoms with Gasteiger partial charge in [-0.2, -0.15) is 0 Å². The first-order valence-corrected chi connectivity index (χ1v) is 11.7. The van der Waals surface area contributed by atoms with E-state index in [1.165, 1.54) is 75.3 Å². The molecule has 0 bridgehead atoms. The minimum Gasteiger partial charge on any atom is -0.373 e. The largest absolute Gasteiger partial charge is 0.373 e. The quantitative estimate of drug-likeness (QED) is 0.313. The van der Waals surface area contributed by atoms with Crippen molar-refractivity contribution in [3.05, 3.63) is 60.2 Å². The number of rotatable bonds is 9. The first kappa shape index (κ1) is 21.4. The van der Waals surface area contributed by atoms with Gasteiger partial charge in [-0.05, 0) is 99.0 Å². The standard InChI is InChI=1S/C27H40O/c1-3-5-6-7-22-8-12-24(13-9-22)26-16-18-27(19-17-26)25-14-10-23(11-15-25)21-28-20-4-2/h4-6,10-11,14-15,22,24,26-27H,2-3,7-9,12-13,16-21H2,1H3/t22-,24-,26-,27-. The summed E-state index contributed by atoms with van der Waals surface area (Å²) >= 11 is 0. The average molecular weight is 381 g/mol. The van der Waals surface area contributed by atoms with Gasteiger partial charge in [-0.15, -0.1) is 6.58 Å². The van der Waals surface area contributed by atoms with E-state index in [1.54, 1.807) is 0 Å². The highest BCUT2D eigenvalue weighted by atomic mass is 16.5. The molecule has 2 aliphatic rings. The Bertz CT molecular complexity index is 583. The Hall–Kier alpha value is -1.34. The smallest absolute Gasteiger partial charge is 0.0721 e. The number of allylic oxidation sites excluding steroid dienone is 2.